The van der Waals surface area contributed by atoms with Crippen molar-refractivity contribution in [2.24, 2.45) is 0 Å². The van der Waals surface area contributed by atoms with E-state index in [1.807, 2.05) is 0 Å². The fourth-order valence-corrected chi connectivity index (χ4v) is 5.13. The van der Waals surface area contributed by atoms with Gasteiger partial charge in [0.1, 0.15) is 19.0 Å². The fourth-order valence-electron chi connectivity index (χ4n) is 5.13. The lowest BCUT2D eigenvalue weighted by atomic mass is 10.1. The third kappa shape index (κ3) is 5.94. The molecular weight excluding hydrogens is 596 g/mol. The van der Waals surface area contributed by atoms with Gasteiger partial charge in [0.05, 0.1) is 11.7 Å². The molecule has 2 amide bonds. The fraction of sp³-hybridized carbons (Fsp3) is 0.188. The third-order valence-corrected chi connectivity index (χ3v) is 7.35. The van der Waals surface area contributed by atoms with Crippen molar-refractivity contribution in [1.82, 2.24) is 19.5 Å². The SMILES string of the molecule is CO[C@@H]1C[C@@H](COC(=O)c2ccccc2)O[C@H]1n1cnc2c(N(C(=O)c3ccccc3)C(=O)c3ccccc3)nc([N+](=O)[O-])nc21. The minimum absolute atomic E-state index is 0.0587. The van der Waals surface area contributed by atoms with Crippen LogP contribution in [0.1, 0.15) is 43.7 Å². The minimum atomic E-state index is -0.902. The number of nitro groups is 1. The smallest absolute Gasteiger partial charge is 0.459 e. The minimum Gasteiger partial charge on any atom is -0.459 e. The summed E-state index contributed by atoms with van der Waals surface area (Å²) in [5, 5.41) is 12.1. The number of carbonyl (C=O) groups is 3. The average Bonchev–Trinajstić information content (AvgIpc) is 3.72. The molecule has 0 bridgehead atoms. The predicted octanol–water partition coefficient (Wildman–Crippen LogP) is 4.38. The summed E-state index contributed by atoms with van der Waals surface area (Å²) in [5.41, 5.74) is 0.547. The van der Waals surface area contributed by atoms with E-state index in [1.165, 1.54) is 42.3 Å². The van der Waals surface area contributed by atoms with E-state index in [2.05, 4.69) is 15.0 Å². The highest BCUT2D eigenvalue weighted by Gasteiger charge is 2.41. The third-order valence-electron chi connectivity index (χ3n) is 7.35. The average molecular weight is 623 g/mol. The number of benzene rings is 3. The highest BCUT2D eigenvalue weighted by molar-refractivity contribution is 6.27. The molecule has 1 aliphatic heterocycles. The molecule has 1 saturated heterocycles. The Morgan fingerprint density at radius 3 is 2.02 bits per heavy atom. The molecule has 232 valence electrons. The van der Waals surface area contributed by atoms with Crippen molar-refractivity contribution < 1.29 is 33.5 Å². The number of ether oxygens (including phenoxy) is 3. The van der Waals surface area contributed by atoms with Crippen LogP contribution in [0.5, 0.6) is 0 Å². The van der Waals surface area contributed by atoms with Crippen LogP contribution in [0, 0.1) is 10.1 Å². The van der Waals surface area contributed by atoms with Gasteiger partial charge in [-0.3, -0.25) is 14.2 Å². The first-order valence-corrected chi connectivity index (χ1v) is 14.1. The number of rotatable bonds is 9. The monoisotopic (exact) mass is 622 g/mol. The molecule has 1 fully saturated rings. The standard InChI is InChI=1S/C32H26N6O8/c1-44-24-17-23(18-45-31(41)22-15-9-4-10-16-22)46-30(24)36-19-33-25-26(36)34-32(38(42)43)35-27(25)37(28(39)20-11-5-2-6-12-20)29(40)21-13-7-3-8-14-21/h2-16,19,23-24,30H,17-18H2,1H3/t23-,24+,30+/m0/s1. The predicted molar refractivity (Wildman–Crippen MR) is 162 cm³/mol. The molecule has 3 heterocycles. The number of imide groups is 1. The maximum absolute atomic E-state index is 13.9. The molecular formula is C32H26N6O8. The first kappa shape index (κ1) is 30.2. The van der Waals surface area contributed by atoms with Crippen LogP contribution in [-0.2, 0) is 14.2 Å². The zero-order chi connectivity index (χ0) is 32.2. The van der Waals surface area contributed by atoms with Crippen LogP contribution >= 0.6 is 0 Å². The van der Waals surface area contributed by atoms with E-state index in [4.69, 9.17) is 14.2 Å². The number of hydrogen-bond donors (Lipinski definition) is 0. The lowest BCUT2D eigenvalue weighted by molar-refractivity contribution is -0.394. The van der Waals surface area contributed by atoms with Crippen molar-refractivity contribution in [2.75, 3.05) is 18.6 Å². The molecule has 0 saturated carbocycles. The molecule has 3 aromatic carbocycles. The Morgan fingerprint density at radius 2 is 1.48 bits per heavy atom. The summed E-state index contributed by atoms with van der Waals surface area (Å²) in [6.45, 7) is -0.0813. The molecule has 46 heavy (non-hydrogen) atoms. The zero-order valence-electron chi connectivity index (χ0n) is 24.3. The van der Waals surface area contributed by atoms with Crippen LogP contribution in [0.15, 0.2) is 97.3 Å². The Kier molecular flexibility index (Phi) is 8.54. The number of carbonyl (C=O) groups excluding carboxylic acids is 3. The van der Waals surface area contributed by atoms with Crippen molar-refractivity contribution in [2.45, 2.75) is 24.9 Å². The summed E-state index contributed by atoms with van der Waals surface area (Å²) < 4.78 is 18.7. The van der Waals surface area contributed by atoms with Crippen LogP contribution in [0.25, 0.3) is 11.2 Å². The van der Waals surface area contributed by atoms with Gasteiger partial charge in [-0.05, 0) is 51.3 Å². The number of fused-ring (bicyclic) bond motifs is 1. The molecule has 14 heteroatoms. The van der Waals surface area contributed by atoms with Gasteiger partial charge in [-0.15, -0.1) is 0 Å². The second kappa shape index (κ2) is 13.0. The molecule has 0 spiro atoms. The Labute approximate surface area is 261 Å². The van der Waals surface area contributed by atoms with E-state index < -0.39 is 47.1 Å². The number of anilines is 1. The van der Waals surface area contributed by atoms with Gasteiger partial charge in [-0.25, -0.2) is 14.7 Å². The van der Waals surface area contributed by atoms with E-state index in [-0.39, 0.29) is 34.7 Å². The van der Waals surface area contributed by atoms with Gasteiger partial charge in [-0.2, -0.15) is 0 Å². The summed E-state index contributed by atoms with van der Waals surface area (Å²) in [6.07, 6.45) is -0.454. The van der Waals surface area contributed by atoms with E-state index in [0.29, 0.717) is 12.0 Å². The van der Waals surface area contributed by atoms with Crippen LogP contribution in [0.2, 0.25) is 0 Å². The summed E-state index contributed by atoms with van der Waals surface area (Å²) in [5.74, 6) is -3.31. The Hall–Kier alpha value is -5.86. The van der Waals surface area contributed by atoms with Gasteiger partial charge in [0.15, 0.2) is 11.7 Å². The van der Waals surface area contributed by atoms with Crippen LogP contribution < -0.4 is 4.90 Å². The van der Waals surface area contributed by atoms with Crippen molar-refractivity contribution in [3.8, 4) is 0 Å². The highest BCUT2D eigenvalue weighted by atomic mass is 16.6. The van der Waals surface area contributed by atoms with Crippen molar-refractivity contribution in [3.63, 3.8) is 0 Å². The normalized spacial score (nSPS) is 17.5. The molecule has 2 aromatic heterocycles. The number of amides is 2. The van der Waals surface area contributed by atoms with Gasteiger partial charge in [0, 0.05) is 24.7 Å². The Balaban J connectivity index is 1.39. The van der Waals surface area contributed by atoms with E-state index >= 15 is 0 Å². The van der Waals surface area contributed by atoms with Crippen LogP contribution in [0.3, 0.4) is 0 Å². The molecule has 0 radical (unpaired) electrons. The molecule has 1 aliphatic rings. The lowest BCUT2D eigenvalue weighted by Gasteiger charge is -2.20. The Morgan fingerprint density at radius 1 is 0.913 bits per heavy atom. The highest BCUT2D eigenvalue weighted by Crippen LogP contribution is 2.36. The lowest BCUT2D eigenvalue weighted by Crippen LogP contribution is -2.38. The Bertz CT molecular complexity index is 1850. The first-order chi connectivity index (χ1) is 22.4. The van der Waals surface area contributed by atoms with E-state index in [0.717, 1.165) is 4.90 Å². The van der Waals surface area contributed by atoms with Gasteiger partial charge in [0.25, 0.3) is 17.6 Å². The molecule has 0 N–H and O–H groups in total. The zero-order valence-corrected chi connectivity index (χ0v) is 24.3. The summed E-state index contributed by atoms with van der Waals surface area (Å²) >= 11 is 0. The van der Waals surface area contributed by atoms with Crippen molar-refractivity contribution in [3.05, 3.63) is 124 Å². The largest absolute Gasteiger partial charge is 0.473 e. The van der Waals surface area contributed by atoms with Crippen molar-refractivity contribution in [1.29, 1.82) is 0 Å². The molecule has 5 aromatic rings. The maximum Gasteiger partial charge on any atom is 0.473 e. The summed E-state index contributed by atoms with van der Waals surface area (Å²) in [4.78, 5) is 64.8. The summed E-state index contributed by atoms with van der Waals surface area (Å²) in [6, 6.07) is 24.5. The van der Waals surface area contributed by atoms with Gasteiger partial charge >= 0.3 is 11.9 Å². The maximum atomic E-state index is 13.9. The second-order valence-corrected chi connectivity index (χ2v) is 10.2. The number of imidazole rings is 1. The molecule has 14 nitrogen and oxygen atoms in total. The molecule has 0 aliphatic carbocycles. The van der Waals surface area contributed by atoms with E-state index in [9.17, 15) is 24.5 Å². The summed E-state index contributed by atoms with van der Waals surface area (Å²) in [7, 11) is 1.47. The van der Waals surface area contributed by atoms with Gasteiger partial charge < -0.3 is 24.3 Å². The van der Waals surface area contributed by atoms with Gasteiger partial charge in [-0.1, -0.05) is 54.6 Å². The molecule has 6 rings (SSSR count). The molecule has 0 unspecified atom stereocenters. The first-order valence-electron chi connectivity index (χ1n) is 14.1. The van der Waals surface area contributed by atoms with Gasteiger partial charge in [0.2, 0.25) is 5.65 Å². The number of nitrogens with zero attached hydrogens (tertiary/aromatic N) is 6. The number of esters is 1. The topological polar surface area (TPSA) is 169 Å². The number of methoxy groups -OCH3 is 1. The number of hydrogen-bond acceptors (Lipinski definition) is 11. The quantitative estimate of drug-likeness (QED) is 0.0989. The molecule has 3 atom stereocenters. The second-order valence-electron chi connectivity index (χ2n) is 10.2. The van der Waals surface area contributed by atoms with E-state index in [1.54, 1.807) is 66.7 Å². The van der Waals surface area contributed by atoms with Crippen molar-refractivity contribution >= 4 is 40.7 Å². The van der Waals surface area contributed by atoms with Crippen LogP contribution in [0.4, 0.5) is 11.8 Å². The van der Waals surface area contributed by atoms with Crippen LogP contribution in [-0.4, -0.2) is 68.2 Å². The number of aromatic nitrogens is 4.